The summed E-state index contributed by atoms with van der Waals surface area (Å²) in [5.41, 5.74) is 0. The Balaban J connectivity index is 4.06. The molecule has 0 radical (unpaired) electrons. The maximum absolute atomic E-state index is 11.4. The predicted molar refractivity (Wildman–Crippen MR) is 62.0 cm³/mol. The standard InChI is InChI=1S/C11H15NO7/c1-3-18-11(17)6-12(2)8(13)7-19-10(16)5-4-9(14)15/h4-5H,3,6-7H2,1-2H3,(H,14,15)/b5-4+. The number of aliphatic carboxylic acids is 1. The maximum atomic E-state index is 11.4. The number of nitrogens with zero attached hydrogens (tertiary/aromatic N) is 1. The summed E-state index contributed by atoms with van der Waals surface area (Å²) < 4.78 is 9.12. The van der Waals surface area contributed by atoms with Crippen molar-refractivity contribution in [3.63, 3.8) is 0 Å². The normalized spacial score (nSPS) is 10.0. The fourth-order valence-electron chi connectivity index (χ4n) is 0.919. The Kier molecular flexibility index (Phi) is 7.59. The monoisotopic (exact) mass is 273 g/mol. The zero-order valence-electron chi connectivity index (χ0n) is 10.6. The van der Waals surface area contributed by atoms with E-state index in [1.807, 2.05) is 0 Å². The van der Waals surface area contributed by atoms with Crippen LogP contribution in [0.5, 0.6) is 0 Å². The van der Waals surface area contributed by atoms with Crippen LogP contribution in [0, 0.1) is 0 Å². The fourth-order valence-corrected chi connectivity index (χ4v) is 0.919. The van der Waals surface area contributed by atoms with E-state index in [0.717, 1.165) is 4.90 Å². The molecule has 0 fully saturated rings. The molecule has 1 N–H and O–H groups in total. The molecule has 0 saturated heterocycles. The molecule has 8 nitrogen and oxygen atoms in total. The molecular formula is C11H15NO7. The summed E-state index contributed by atoms with van der Waals surface area (Å²) in [5.74, 6) is -3.44. The van der Waals surface area contributed by atoms with E-state index < -0.39 is 30.4 Å². The highest BCUT2D eigenvalue weighted by Crippen LogP contribution is 1.91. The summed E-state index contributed by atoms with van der Waals surface area (Å²) in [6.07, 6.45) is 1.27. The van der Waals surface area contributed by atoms with Crippen LogP contribution in [0.4, 0.5) is 0 Å². The molecule has 1 amide bonds. The highest BCUT2D eigenvalue weighted by atomic mass is 16.5. The first-order chi connectivity index (χ1) is 8.86. The molecule has 0 heterocycles. The van der Waals surface area contributed by atoms with Gasteiger partial charge in [0.15, 0.2) is 6.61 Å². The predicted octanol–water partition coefficient (Wildman–Crippen LogP) is -0.808. The van der Waals surface area contributed by atoms with Gasteiger partial charge in [0.2, 0.25) is 0 Å². The average molecular weight is 273 g/mol. The van der Waals surface area contributed by atoms with Crippen LogP contribution in [0.1, 0.15) is 6.92 Å². The zero-order chi connectivity index (χ0) is 14.8. The minimum atomic E-state index is -1.30. The van der Waals surface area contributed by atoms with Gasteiger partial charge >= 0.3 is 17.9 Å². The summed E-state index contributed by atoms with van der Waals surface area (Å²) >= 11 is 0. The Bertz CT molecular complexity index is 389. The van der Waals surface area contributed by atoms with E-state index in [-0.39, 0.29) is 13.2 Å². The lowest BCUT2D eigenvalue weighted by Crippen LogP contribution is -2.35. The van der Waals surface area contributed by atoms with Gasteiger partial charge in [0, 0.05) is 19.2 Å². The fraction of sp³-hybridized carbons (Fsp3) is 0.455. The summed E-state index contributed by atoms with van der Waals surface area (Å²) in [6, 6.07) is 0. The summed E-state index contributed by atoms with van der Waals surface area (Å²) in [4.78, 5) is 44.6. The lowest BCUT2D eigenvalue weighted by molar-refractivity contribution is -0.152. The largest absolute Gasteiger partial charge is 0.478 e. The van der Waals surface area contributed by atoms with Crippen LogP contribution in [0.2, 0.25) is 0 Å². The highest BCUT2D eigenvalue weighted by molar-refractivity contribution is 5.92. The van der Waals surface area contributed by atoms with Crippen molar-refractivity contribution in [2.24, 2.45) is 0 Å². The molecule has 0 spiro atoms. The molecule has 0 rings (SSSR count). The first kappa shape index (κ1) is 16.6. The number of carboxylic acid groups (broad SMARTS) is 1. The lowest BCUT2D eigenvalue weighted by atomic mass is 10.5. The van der Waals surface area contributed by atoms with Crippen molar-refractivity contribution in [2.75, 3.05) is 26.8 Å². The number of hydrogen-bond acceptors (Lipinski definition) is 6. The number of carboxylic acids is 1. The van der Waals surface area contributed by atoms with Gasteiger partial charge in [-0.05, 0) is 6.92 Å². The first-order valence-corrected chi connectivity index (χ1v) is 5.34. The van der Waals surface area contributed by atoms with Gasteiger partial charge < -0.3 is 19.5 Å². The van der Waals surface area contributed by atoms with Gasteiger partial charge in [0.1, 0.15) is 6.54 Å². The molecule has 0 unspecified atom stereocenters. The van der Waals surface area contributed by atoms with Crippen LogP contribution < -0.4 is 0 Å². The molecule has 19 heavy (non-hydrogen) atoms. The molecular weight excluding hydrogens is 258 g/mol. The van der Waals surface area contributed by atoms with E-state index in [1.165, 1.54) is 7.05 Å². The average Bonchev–Trinajstić information content (AvgIpc) is 2.33. The van der Waals surface area contributed by atoms with Crippen LogP contribution in [-0.4, -0.2) is 60.6 Å². The Labute approximate surface area is 109 Å². The van der Waals surface area contributed by atoms with Gasteiger partial charge in [0.25, 0.3) is 5.91 Å². The van der Waals surface area contributed by atoms with E-state index in [2.05, 4.69) is 9.47 Å². The molecule has 0 aliphatic carbocycles. The van der Waals surface area contributed by atoms with E-state index in [4.69, 9.17) is 5.11 Å². The molecule has 0 bridgehead atoms. The van der Waals surface area contributed by atoms with E-state index in [0.29, 0.717) is 12.2 Å². The maximum Gasteiger partial charge on any atom is 0.331 e. The quantitative estimate of drug-likeness (QED) is 0.477. The minimum Gasteiger partial charge on any atom is -0.478 e. The molecule has 0 atom stereocenters. The highest BCUT2D eigenvalue weighted by Gasteiger charge is 2.14. The van der Waals surface area contributed by atoms with E-state index in [1.54, 1.807) is 6.92 Å². The first-order valence-electron chi connectivity index (χ1n) is 5.34. The zero-order valence-corrected chi connectivity index (χ0v) is 10.6. The Morgan fingerprint density at radius 3 is 2.32 bits per heavy atom. The van der Waals surface area contributed by atoms with Gasteiger partial charge in [-0.3, -0.25) is 9.59 Å². The molecule has 0 aromatic carbocycles. The Morgan fingerprint density at radius 1 is 1.16 bits per heavy atom. The molecule has 0 aliphatic rings. The van der Waals surface area contributed by atoms with Crippen molar-refractivity contribution in [2.45, 2.75) is 6.92 Å². The third kappa shape index (κ3) is 8.36. The smallest absolute Gasteiger partial charge is 0.331 e. The van der Waals surface area contributed by atoms with Crippen molar-refractivity contribution in [3.8, 4) is 0 Å². The van der Waals surface area contributed by atoms with Gasteiger partial charge in [-0.2, -0.15) is 0 Å². The van der Waals surface area contributed by atoms with Crippen LogP contribution in [0.25, 0.3) is 0 Å². The van der Waals surface area contributed by atoms with Crippen molar-refractivity contribution in [3.05, 3.63) is 12.2 Å². The van der Waals surface area contributed by atoms with Crippen molar-refractivity contribution in [1.29, 1.82) is 0 Å². The van der Waals surface area contributed by atoms with Gasteiger partial charge in [-0.25, -0.2) is 9.59 Å². The number of rotatable bonds is 7. The number of hydrogen-bond donors (Lipinski definition) is 1. The minimum absolute atomic E-state index is 0.204. The number of amides is 1. The van der Waals surface area contributed by atoms with Gasteiger partial charge in [-0.1, -0.05) is 0 Å². The molecule has 0 aromatic heterocycles. The number of esters is 2. The lowest BCUT2D eigenvalue weighted by Gasteiger charge is -2.15. The van der Waals surface area contributed by atoms with E-state index >= 15 is 0 Å². The number of likely N-dealkylation sites (N-methyl/N-ethyl adjacent to an activating group) is 1. The molecule has 0 aromatic rings. The van der Waals surface area contributed by atoms with Crippen LogP contribution >= 0.6 is 0 Å². The van der Waals surface area contributed by atoms with Gasteiger partial charge in [0.05, 0.1) is 6.61 Å². The topological polar surface area (TPSA) is 110 Å². The van der Waals surface area contributed by atoms with Crippen molar-refractivity contribution < 1.29 is 33.8 Å². The molecule has 8 heteroatoms. The molecule has 0 saturated carbocycles. The number of carbonyl (C=O) groups is 4. The second kappa shape index (κ2) is 8.67. The van der Waals surface area contributed by atoms with E-state index in [9.17, 15) is 19.2 Å². The summed E-state index contributed by atoms with van der Waals surface area (Å²) in [5, 5.41) is 8.26. The van der Waals surface area contributed by atoms with Crippen molar-refractivity contribution in [1.82, 2.24) is 4.90 Å². The van der Waals surface area contributed by atoms with Gasteiger partial charge in [-0.15, -0.1) is 0 Å². The van der Waals surface area contributed by atoms with Crippen LogP contribution in [0.15, 0.2) is 12.2 Å². The Morgan fingerprint density at radius 2 is 1.79 bits per heavy atom. The second-order valence-corrected chi connectivity index (χ2v) is 3.33. The third-order valence-electron chi connectivity index (χ3n) is 1.80. The van der Waals surface area contributed by atoms with Crippen LogP contribution in [0.3, 0.4) is 0 Å². The molecule has 0 aliphatic heterocycles. The SMILES string of the molecule is CCOC(=O)CN(C)C(=O)COC(=O)/C=C/C(=O)O. The summed E-state index contributed by atoms with van der Waals surface area (Å²) in [6.45, 7) is 1.00. The van der Waals surface area contributed by atoms with Crippen LogP contribution in [-0.2, 0) is 28.7 Å². The second-order valence-electron chi connectivity index (χ2n) is 3.33. The molecule has 106 valence electrons. The third-order valence-corrected chi connectivity index (χ3v) is 1.80. The Hall–Kier alpha value is -2.38. The summed E-state index contributed by atoms with van der Waals surface area (Å²) in [7, 11) is 1.35. The van der Waals surface area contributed by atoms with Crippen molar-refractivity contribution >= 4 is 23.8 Å². The number of ether oxygens (including phenoxy) is 2. The number of carbonyl (C=O) groups excluding carboxylic acids is 3.